The molecule has 2 aromatic rings. The summed E-state index contributed by atoms with van der Waals surface area (Å²) >= 11 is 1.47. The molecule has 1 atom stereocenters. The summed E-state index contributed by atoms with van der Waals surface area (Å²) in [6, 6.07) is 3.85. The van der Waals surface area contributed by atoms with Crippen molar-refractivity contribution in [3.63, 3.8) is 0 Å². The number of fused-ring (bicyclic) bond motifs is 1. The predicted molar refractivity (Wildman–Crippen MR) is 111 cm³/mol. The maximum Gasteiger partial charge on any atom is 0.275 e. The third kappa shape index (κ3) is 5.57. The molecule has 0 unspecified atom stereocenters. The van der Waals surface area contributed by atoms with Gasteiger partial charge in [0.2, 0.25) is 11.8 Å². The van der Waals surface area contributed by atoms with Gasteiger partial charge in [-0.2, -0.15) is 0 Å². The second kappa shape index (κ2) is 8.44. The van der Waals surface area contributed by atoms with Gasteiger partial charge in [0.15, 0.2) is 4.83 Å². The van der Waals surface area contributed by atoms with E-state index in [1.807, 2.05) is 19.1 Å². The molecule has 0 radical (unpaired) electrons. The van der Waals surface area contributed by atoms with Crippen LogP contribution < -0.4 is 14.8 Å². The predicted octanol–water partition coefficient (Wildman–Crippen LogP) is 3.57. The van der Waals surface area contributed by atoms with Crippen molar-refractivity contribution in [3.05, 3.63) is 12.1 Å². The molecule has 7 nitrogen and oxygen atoms in total. The monoisotopic (exact) mass is 419 g/mol. The molecule has 2 aliphatic rings. The number of hydrogen-bond donors (Lipinski definition) is 1. The molecule has 0 saturated heterocycles. The van der Waals surface area contributed by atoms with Crippen LogP contribution in [0.4, 0.5) is 0 Å². The summed E-state index contributed by atoms with van der Waals surface area (Å²) in [6.07, 6.45) is 4.67. The molecule has 158 valence electrons. The molecule has 2 heterocycles. The highest BCUT2D eigenvalue weighted by Gasteiger charge is 2.38. The second-order valence-corrected chi connectivity index (χ2v) is 9.70. The van der Waals surface area contributed by atoms with Gasteiger partial charge in [-0.15, -0.1) is 0 Å². The van der Waals surface area contributed by atoms with Crippen LogP contribution in [0.15, 0.2) is 12.1 Å². The average molecular weight is 420 g/mol. The minimum absolute atomic E-state index is 0.0257. The van der Waals surface area contributed by atoms with E-state index in [4.69, 9.17) is 14.2 Å². The van der Waals surface area contributed by atoms with Crippen molar-refractivity contribution >= 4 is 27.6 Å². The number of ether oxygens (including phenoxy) is 3. The molecule has 2 fully saturated rings. The van der Waals surface area contributed by atoms with E-state index in [1.54, 1.807) is 0 Å². The molecule has 2 aromatic heterocycles. The van der Waals surface area contributed by atoms with Crippen molar-refractivity contribution < 1.29 is 19.0 Å². The number of rotatable bonds is 10. The van der Waals surface area contributed by atoms with Crippen LogP contribution in [0.5, 0.6) is 11.1 Å². The van der Waals surface area contributed by atoms with Crippen molar-refractivity contribution in [2.45, 2.75) is 58.6 Å². The SMILES string of the molecule is CC(=O)N[C@@H](C)COC1CC(COc2ccc3nc(OCC4(C)CC4)sc3n2)C1. The Morgan fingerprint density at radius 1 is 1.31 bits per heavy atom. The third-order valence-corrected chi connectivity index (χ3v) is 6.43. The number of carbonyl (C=O) groups excluding carboxylic acids is 1. The van der Waals surface area contributed by atoms with Crippen LogP contribution in [-0.2, 0) is 9.53 Å². The standard InChI is InChI=1S/C21H29N3O4S/c1-13(22-14(2)25)10-26-16-8-15(9-16)11-27-18-5-4-17-19(24-18)29-20(23-17)28-12-21(3)6-7-21/h4-5,13,15-16H,6-12H2,1-3H3,(H,22,25)/t13-,15?,16?/m0/s1. The quantitative estimate of drug-likeness (QED) is 0.634. The van der Waals surface area contributed by atoms with Gasteiger partial charge in [0, 0.05) is 24.4 Å². The van der Waals surface area contributed by atoms with E-state index in [0.717, 1.165) is 29.8 Å². The molecule has 1 N–H and O–H groups in total. The first kappa shape index (κ1) is 20.3. The lowest BCUT2D eigenvalue weighted by molar-refractivity contribution is -0.120. The van der Waals surface area contributed by atoms with E-state index >= 15 is 0 Å². The van der Waals surface area contributed by atoms with Crippen LogP contribution in [0.2, 0.25) is 0 Å². The number of hydrogen-bond acceptors (Lipinski definition) is 7. The van der Waals surface area contributed by atoms with E-state index in [-0.39, 0.29) is 18.1 Å². The lowest BCUT2D eigenvalue weighted by atomic mass is 9.83. The summed E-state index contributed by atoms with van der Waals surface area (Å²) in [5.74, 6) is 1.08. The van der Waals surface area contributed by atoms with Gasteiger partial charge in [-0.25, -0.2) is 9.97 Å². The first-order valence-electron chi connectivity index (χ1n) is 10.3. The Kier molecular flexibility index (Phi) is 5.92. The first-order valence-corrected chi connectivity index (χ1v) is 11.1. The number of aromatic nitrogens is 2. The topological polar surface area (TPSA) is 82.6 Å². The number of amides is 1. The van der Waals surface area contributed by atoms with Gasteiger partial charge in [0.25, 0.3) is 5.19 Å². The number of pyridine rings is 1. The Morgan fingerprint density at radius 3 is 2.83 bits per heavy atom. The fourth-order valence-electron chi connectivity index (χ4n) is 3.34. The normalized spacial score (nSPS) is 23.3. The Morgan fingerprint density at radius 2 is 2.10 bits per heavy atom. The molecule has 0 bridgehead atoms. The lowest BCUT2D eigenvalue weighted by Crippen LogP contribution is -2.40. The number of nitrogens with one attached hydrogen (secondary N) is 1. The average Bonchev–Trinajstić information content (AvgIpc) is 3.23. The molecule has 8 heteroatoms. The van der Waals surface area contributed by atoms with Crippen molar-refractivity contribution in [2.24, 2.45) is 11.3 Å². The van der Waals surface area contributed by atoms with Gasteiger partial charge in [0.05, 0.1) is 25.9 Å². The van der Waals surface area contributed by atoms with Crippen LogP contribution in [0.25, 0.3) is 10.3 Å². The van der Waals surface area contributed by atoms with Gasteiger partial charge in [0.1, 0.15) is 5.52 Å². The highest BCUT2D eigenvalue weighted by atomic mass is 32.1. The minimum atomic E-state index is -0.0257. The van der Waals surface area contributed by atoms with Crippen LogP contribution in [0, 0.1) is 11.3 Å². The smallest absolute Gasteiger partial charge is 0.275 e. The zero-order valence-corrected chi connectivity index (χ0v) is 18.1. The lowest BCUT2D eigenvalue weighted by Gasteiger charge is -2.35. The second-order valence-electron chi connectivity index (χ2n) is 8.76. The maximum absolute atomic E-state index is 11.0. The van der Waals surface area contributed by atoms with Crippen LogP contribution in [0.3, 0.4) is 0 Å². The molecular weight excluding hydrogens is 390 g/mol. The summed E-state index contributed by atoms with van der Waals surface area (Å²) in [6.45, 7) is 7.62. The van der Waals surface area contributed by atoms with Crippen molar-refractivity contribution in [1.29, 1.82) is 0 Å². The molecule has 1 amide bonds. The van der Waals surface area contributed by atoms with Gasteiger partial charge < -0.3 is 19.5 Å². The molecule has 2 saturated carbocycles. The summed E-state index contributed by atoms with van der Waals surface area (Å²) in [5.41, 5.74) is 1.19. The third-order valence-electron chi connectivity index (χ3n) is 5.55. The van der Waals surface area contributed by atoms with Gasteiger partial charge in [-0.05, 0) is 44.6 Å². The largest absolute Gasteiger partial charge is 0.477 e. The Balaban J connectivity index is 1.19. The number of nitrogens with zero attached hydrogens (tertiary/aromatic N) is 2. The van der Waals surface area contributed by atoms with E-state index in [2.05, 4.69) is 22.2 Å². The van der Waals surface area contributed by atoms with Crippen LogP contribution >= 0.6 is 11.3 Å². The molecule has 0 aromatic carbocycles. The number of carbonyl (C=O) groups is 1. The first-order chi connectivity index (χ1) is 13.9. The molecule has 2 aliphatic carbocycles. The molecule has 0 spiro atoms. The Labute approximate surface area is 175 Å². The van der Waals surface area contributed by atoms with Gasteiger partial charge in [-0.1, -0.05) is 18.3 Å². The maximum atomic E-state index is 11.0. The fourth-order valence-corrected chi connectivity index (χ4v) is 4.12. The van der Waals surface area contributed by atoms with Crippen molar-refractivity contribution in [2.75, 3.05) is 19.8 Å². The summed E-state index contributed by atoms with van der Waals surface area (Å²) in [4.78, 5) is 20.9. The molecule has 0 aliphatic heterocycles. The highest BCUT2D eigenvalue weighted by Crippen LogP contribution is 2.45. The molecule has 4 rings (SSSR count). The molecule has 29 heavy (non-hydrogen) atoms. The van der Waals surface area contributed by atoms with Crippen molar-refractivity contribution in [1.82, 2.24) is 15.3 Å². The summed E-state index contributed by atoms with van der Waals surface area (Å²) in [7, 11) is 0. The van der Waals surface area contributed by atoms with Gasteiger partial charge in [-0.3, -0.25) is 4.79 Å². The van der Waals surface area contributed by atoms with E-state index in [9.17, 15) is 4.79 Å². The number of thiazole rings is 1. The van der Waals surface area contributed by atoms with Crippen molar-refractivity contribution in [3.8, 4) is 11.1 Å². The van der Waals surface area contributed by atoms with E-state index in [0.29, 0.717) is 35.6 Å². The summed E-state index contributed by atoms with van der Waals surface area (Å²) < 4.78 is 17.6. The zero-order valence-electron chi connectivity index (χ0n) is 17.3. The van der Waals surface area contributed by atoms with E-state index in [1.165, 1.54) is 31.1 Å². The van der Waals surface area contributed by atoms with Crippen LogP contribution in [-0.4, -0.2) is 47.8 Å². The van der Waals surface area contributed by atoms with Crippen LogP contribution in [0.1, 0.15) is 46.5 Å². The van der Waals surface area contributed by atoms with E-state index < -0.39 is 0 Å². The Bertz CT molecular complexity index is 861. The Hall–Kier alpha value is -1.93. The summed E-state index contributed by atoms with van der Waals surface area (Å²) in [5, 5.41) is 3.51. The minimum Gasteiger partial charge on any atom is -0.477 e. The zero-order chi connectivity index (χ0) is 20.4. The highest BCUT2D eigenvalue weighted by molar-refractivity contribution is 7.19. The fraction of sp³-hybridized carbons (Fsp3) is 0.667. The molecular formula is C21H29N3O4S. The van der Waals surface area contributed by atoms with Gasteiger partial charge >= 0.3 is 0 Å².